The highest BCUT2D eigenvalue weighted by molar-refractivity contribution is 6.11. The normalized spacial score (nSPS) is 13.0. The summed E-state index contributed by atoms with van der Waals surface area (Å²) in [5, 5.41) is 0. The number of methoxy groups -OCH3 is 1. The Kier molecular flexibility index (Phi) is 3.50. The molecule has 3 aromatic rings. The molecule has 4 rings (SSSR count). The highest BCUT2D eigenvalue weighted by atomic mass is 16.5. The van der Waals surface area contributed by atoms with Crippen LogP contribution in [0.5, 0.6) is 5.75 Å². The Bertz CT molecular complexity index is 907. The van der Waals surface area contributed by atoms with Crippen molar-refractivity contribution in [2.45, 2.75) is 6.54 Å². The molecule has 1 amide bonds. The lowest BCUT2D eigenvalue weighted by atomic mass is 10.0. The van der Waals surface area contributed by atoms with E-state index in [1.165, 1.54) is 0 Å². The highest BCUT2D eigenvalue weighted by Gasteiger charge is 2.31. The number of rotatable bonds is 3. The summed E-state index contributed by atoms with van der Waals surface area (Å²) in [5.41, 5.74) is 4.24. The average Bonchev–Trinajstić information content (AvgIpc) is 2.99. The molecule has 2 aromatic carbocycles. The van der Waals surface area contributed by atoms with E-state index in [0.717, 1.165) is 28.3 Å². The smallest absolute Gasteiger partial charge is 0.259 e. The SMILES string of the molecule is COc1ccccc1-c1nccc2c1CN(c1ccccc1)C2=O. The Morgan fingerprint density at radius 2 is 1.71 bits per heavy atom. The van der Waals surface area contributed by atoms with E-state index < -0.39 is 0 Å². The van der Waals surface area contributed by atoms with Crippen molar-refractivity contribution in [3.05, 3.63) is 78.0 Å². The van der Waals surface area contributed by atoms with Crippen molar-refractivity contribution < 1.29 is 9.53 Å². The summed E-state index contributed by atoms with van der Waals surface area (Å²) in [6, 6.07) is 19.2. The van der Waals surface area contributed by atoms with Gasteiger partial charge < -0.3 is 9.64 Å². The molecule has 1 aliphatic rings. The fourth-order valence-electron chi connectivity index (χ4n) is 3.12. The monoisotopic (exact) mass is 316 g/mol. The molecule has 0 aliphatic carbocycles. The molecule has 0 fully saturated rings. The van der Waals surface area contributed by atoms with Crippen molar-refractivity contribution in [3.63, 3.8) is 0 Å². The van der Waals surface area contributed by atoms with Crippen LogP contribution in [-0.2, 0) is 6.54 Å². The maximum absolute atomic E-state index is 12.8. The third-order valence-electron chi connectivity index (χ3n) is 4.28. The van der Waals surface area contributed by atoms with Crippen molar-refractivity contribution in [1.82, 2.24) is 4.98 Å². The number of nitrogens with zero attached hydrogens (tertiary/aromatic N) is 2. The number of fused-ring (bicyclic) bond motifs is 1. The molecule has 118 valence electrons. The Morgan fingerprint density at radius 3 is 2.50 bits per heavy atom. The van der Waals surface area contributed by atoms with Crippen molar-refractivity contribution in [1.29, 1.82) is 0 Å². The van der Waals surface area contributed by atoms with Crippen LogP contribution in [0.1, 0.15) is 15.9 Å². The number of carbonyl (C=O) groups excluding carboxylic acids is 1. The molecule has 0 N–H and O–H groups in total. The molecule has 0 unspecified atom stereocenters. The number of carbonyl (C=O) groups is 1. The first-order valence-corrected chi connectivity index (χ1v) is 7.78. The van der Waals surface area contributed by atoms with Gasteiger partial charge in [0.05, 0.1) is 19.3 Å². The standard InChI is InChI=1S/C20H16N2O2/c1-24-18-10-6-5-9-16(18)19-17-13-22(14-7-3-2-4-8-14)20(23)15(17)11-12-21-19/h2-12H,13H2,1H3. The van der Waals surface area contributed by atoms with E-state index in [1.54, 1.807) is 24.3 Å². The quantitative estimate of drug-likeness (QED) is 0.735. The predicted octanol–water partition coefficient (Wildman–Crippen LogP) is 3.92. The Labute approximate surface area is 140 Å². The van der Waals surface area contributed by atoms with Gasteiger partial charge in [-0.2, -0.15) is 0 Å². The lowest BCUT2D eigenvalue weighted by Crippen LogP contribution is -2.22. The van der Waals surface area contributed by atoms with Crippen LogP contribution in [0.4, 0.5) is 5.69 Å². The summed E-state index contributed by atoms with van der Waals surface area (Å²) in [6.07, 6.45) is 1.69. The zero-order chi connectivity index (χ0) is 16.5. The summed E-state index contributed by atoms with van der Waals surface area (Å²) in [6.45, 7) is 0.513. The number of benzene rings is 2. The highest BCUT2D eigenvalue weighted by Crippen LogP contribution is 2.36. The summed E-state index contributed by atoms with van der Waals surface area (Å²) >= 11 is 0. The van der Waals surface area contributed by atoms with Crippen LogP contribution >= 0.6 is 0 Å². The van der Waals surface area contributed by atoms with Gasteiger partial charge in [-0.3, -0.25) is 9.78 Å². The molecule has 0 radical (unpaired) electrons. The van der Waals surface area contributed by atoms with E-state index in [4.69, 9.17) is 4.74 Å². The maximum Gasteiger partial charge on any atom is 0.259 e. The molecular weight excluding hydrogens is 300 g/mol. The number of amides is 1. The third-order valence-corrected chi connectivity index (χ3v) is 4.28. The minimum absolute atomic E-state index is 0.00903. The fourth-order valence-corrected chi connectivity index (χ4v) is 3.12. The van der Waals surface area contributed by atoms with Gasteiger partial charge in [0.1, 0.15) is 5.75 Å². The second kappa shape index (κ2) is 5.81. The first-order chi connectivity index (χ1) is 11.8. The second-order valence-electron chi connectivity index (χ2n) is 5.61. The van der Waals surface area contributed by atoms with Gasteiger partial charge in [-0.25, -0.2) is 0 Å². The van der Waals surface area contributed by atoms with E-state index in [9.17, 15) is 4.79 Å². The molecule has 1 aliphatic heterocycles. The van der Waals surface area contributed by atoms with Crippen LogP contribution in [0.3, 0.4) is 0 Å². The maximum atomic E-state index is 12.8. The van der Waals surface area contributed by atoms with Crippen molar-refractivity contribution >= 4 is 11.6 Å². The number of hydrogen-bond donors (Lipinski definition) is 0. The predicted molar refractivity (Wildman–Crippen MR) is 93.2 cm³/mol. The van der Waals surface area contributed by atoms with Crippen LogP contribution in [0.15, 0.2) is 66.9 Å². The zero-order valence-corrected chi connectivity index (χ0v) is 13.3. The number of pyridine rings is 1. The van der Waals surface area contributed by atoms with Gasteiger partial charge in [-0.1, -0.05) is 30.3 Å². The largest absolute Gasteiger partial charge is 0.496 e. The lowest BCUT2D eigenvalue weighted by Gasteiger charge is -2.15. The molecule has 4 nitrogen and oxygen atoms in total. The Hall–Kier alpha value is -3.14. The molecule has 4 heteroatoms. The van der Waals surface area contributed by atoms with E-state index >= 15 is 0 Å². The minimum Gasteiger partial charge on any atom is -0.496 e. The molecule has 0 saturated carbocycles. The van der Waals surface area contributed by atoms with Crippen LogP contribution in [0, 0.1) is 0 Å². The lowest BCUT2D eigenvalue weighted by molar-refractivity contribution is 0.0996. The molecule has 24 heavy (non-hydrogen) atoms. The van der Waals surface area contributed by atoms with Gasteiger partial charge in [0.25, 0.3) is 5.91 Å². The summed E-state index contributed by atoms with van der Waals surface area (Å²) in [5.74, 6) is 0.763. The van der Waals surface area contributed by atoms with Crippen molar-refractivity contribution in [3.8, 4) is 17.0 Å². The van der Waals surface area contributed by atoms with Crippen molar-refractivity contribution in [2.75, 3.05) is 12.0 Å². The van der Waals surface area contributed by atoms with Gasteiger partial charge in [-0.05, 0) is 30.3 Å². The molecule has 1 aromatic heterocycles. The van der Waals surface area contributed by atoms with Crippen LogP contribution in [0.2, 0.25) is 0 Å². The Morgan fingerprint density at radius 1 is 0.958 bits per heavy atom. The second-order valence-corrected chi connectivity index (χ2v) is 5.61. The number of anilines is 1. The van der Waals surface area contributed by atoms with Gasteiger partial charge in [0.15, 0.2) is 0 Å². The number of ether oxygens (including phenoxy) is 1. The van der Waals surface area contributed by atoms with E-state index in [-0.39, 0.29) is 5.91 Å². The van der Waals surface area contributed by atoms with E-state index in [1.807, 2.05) is 54.6 Å². The average molecular weight is 316 g/mol. The third kappa shape index (κ3) is 2.24. The molecule has 2 heterocycles. The number of para-hydroxylation sites is 2. The molecule has 0 spiro atoms. The van der Waals surface area contributed by atoms with Crippen LogP contribution in [0.25, 0.3) is 11.3 Å². The molecule has 0 saturated heterocycles. The van der Waals surface area contributed by atoms with Gasteiger partial charge in [0, 0.05) is 28.6 Å². The number of hydrogen-bond acceptors (Lipinski definition) is 3. The molecular formula is C20H16N2O2. The van der Waals surface area contributed by atoms with Gasteiger partial charge in [0.2, 0.25) is 0 Å². The first kappa shape index (κ1) is 14.5. The minimum atomic E-state index is 0.00903. The van der Waals surface area contributed by atoms with Crippen LogP contribution in [-0.4, -0.2) is 18.0 Å². The topological polar surface area (TPSA) is 42.4 Å². The first-order valence-electron chi connectivity index (χ1n) is 7.78. The van der Waals surface area contributed by atoms with Gasteiger partial charge in [-0.15, -0.1) is 0 Å². The van der Waals surface area contributed by atoms with Gasteiger partial charge >= 0.3 is 0 Å². The summed E-state index contributed by atoms with van der Waals surface area (Å²) in [4.78, 5) is 19.1. The van der Waals surface area contributed by atoms with Crippen molar-refractivity contribution in [2.24, 2.45) is 0 Å². The summed E-state index contributed by atoms with van der Waals surface area (Å²) in [7, 11) is 1.64. The van der Waals surface area contributed by atoms with E-state index in [0.29, 0.717) is 12.1 Å². The fraction of sp³-hybridized carbons (Fsp3) is 0.100. The molecule has 0 atom stereocenters. The summed E-state index contributed by atoms with van der Waals surface area (Å²) < 4.78 is 5.46. The number of aromatic nitrogens is 1. The van der Waals surface area contributed by atoms with E-state index in [2.05, 4.69) is 4.98 Å². The van der Waals surface area contributed by atoms with Crippen LogP contribution < -0.4 is 9.64 Å². The molecule has 0 bridgehead atoms. The zero-order valence-electron chi connectivity index (χ0n) is 13.3. The Balaban J connectivity index is 1.83.